The third kappa shape index (κ3) is 2.57. The minimum Gasteiger partial charge on any atom is -0.383 e. The van der Waals surface area contributed by atoms with Gasteiger partial charge in [-0.1, -0.05) is 29.8 Å². The zero-order chi connectivity index (χ0) is 15.7. The third-order valence-electron chi connectivity index (χ3n) is 3.31. The Morgan fingerprint density at radius 1 is 1.18 bits per heavy atom. The number of thiophene rings is 1. The van der Waals surface area contributed by atoms with Crippen molar-refractivity contribution in [2.24, 2.45) is 0 Å². The van der Waals surface area contributed by atoms with E-state index < -0.39 is 0 Å². The number of nitrogens with two attached hydrogens (primary N) is 1. The maximum absolute atomic E-state index is 9.39. The van der Waals surface area contributed by atoms with Crippen LogP contribution in [0.5, 0.6) is 0 Å². The van der Waals surface area contributed by atoms with Gasteiger partial charge in [0.2, 0.25) is 0 Å². The Bertz CT molecular complexity index is 893. The SMILES string of the molecule is Cc1ccc(-c2cc(-c3ccccc3Cl)nc(N)c2C#N)s1. The molecule has 3 nitrogen and oxygen atoms in total. The Morgan fingerprint density at radius 2 is 1.95 bits per heavy atom. The van der Waals surface area contributed by atoms with Crippen LogP contribution in [0.2, 0.25) is 5.02 Å². The number of rotatable bonds is 2. The van der Waals surface area contributed by atoms with Crippen LogP contribution in [0.1, 0.15) is 10.4 Å². The van der Waals surface area contributed by atoms with Crippen molar-refractivity contribution in [1.29, 1.82) is 5.26 Å². The van der Waals surface area contributed by atoms with Gasteiger partial charge in [-0.2, -0.15) is 5.26 Å². The van der Waals surface area contributed by atoms with Crippen LogP contribution in [0.25, 0.3) is 21.7 Å². The van der Waals surface area contributed by atoms with E-state index in [2.05, 4.69) is 11.1 Å². The van der Waals surface area contributed by atoms with Crippen molar-refractivity contribution in [3.63, 3.8) is 0 Å². The van der Waals surface area contributed by atoms with Crippen LogP contribution < -0.4 is 5.73 Å². The molecule has 0 aliphatic carbocycles. The fourth-order valence-electron chi connectivity index (χ4n) is 2.26. The van der Waals surface area contributed by atoms with Crippen LogP contribution in [0, 0.1) is 18.3 Å². The highest BCUT2D eigenvalue weighted by Gasteiger charge is 2.15. The van der Waals surface area contributed by atoms with Gasteiger partial charge in [0.15, 0.2) is 0 Å². The number of hydrogen-bond acceptors (Lipinski definition) is 4. The van der Waals surface area contributed by atoms with Crippen molar-refractivity contribution in [3.8, 4) is 27.8 Å². The number of hydrogen-bond donors (Lipinski definition) is 1. The first kappa shape index (κ1) is 14.6. The number of pyridine rings is 1. The van der Waals surface area contributed by atoms with Crippen LogP contribution in [0.15, 0.2) is 42.5 Å². The first-order valence-electron chi connectivity index (χ1n) is 6.62. The van der Waals surface area contributed by atoms with Gasteiger partial charge in [-0.05, 0) is 31.2 Å². The third-order valence-corrected chi connectivity index (χ3v) is 4.68. The van der Waals surface area contributed by atoms with Gasteiger partial charge in [0.1, 0.15) is 17.5 Å². The van der Waals surface area contributed by atoms with Crippen LogP contribution in [-0.2, 0) is 0 Å². The molecule has 22 heavy (non-hydrogen) atoms. The van der Waals surface area contributed by atoms with Crippen molar-refractivity contribution in [2.75, 3.05) is 5.73 Å². The molecule has 0 fully saturated rings. The number of halogens is 1. The lowest BCUT2D eigenvalue weighted by Crippen LogP contribution is -1.99. The summed E-state index contributed by atoms with van der Waals surface area (Å²) in [6.07, 6.45) is 0. The number of benzene rings is 1. The van der Waals surface area contributed by atoms with Gasteiger partial charge < -0.3 is 5.73 Å². The average molecular weight is 326 g/mol. The second kappa shape index (κ2) is 5.80. The molecule has 3 rings (SSSR count). The summed E-state index contributed by atoms with van der Waals surface area (Å²) in [5.41, 5.74) is 8.66. The van der Waals surface area contributed by atoms with E-state index in [1.54, 1.807) is 11.3 Å². The molecule has 0 spiro atoms. The number of aromatic nitrogens is 1. The van der Waals surface area contributed by atoms with Crippen molar-refractivity contribution in [2.45, 2.75) is 6.92 Å². The summed E-state index contributed by atoms with van der Waals surface area (Å²) in [7, 11) is 0. The first-order chi connectivity index (χ1) is 10.6. The molecule has 0 aliphatic rings. The molecule has 0 amide bonds. The van der Waals surface area contributed by atoms with Crippen LogP contribution >= 0.6 is 22.9 Å². The lowest BCUT2D eigenvalue weighted by Gasteiger charge is -2.09. The number of nitrogen functional groups attached to an aromatic ring is 1. The van der Waals surface area contributed by atoms with Gasteiger partial charge >= 0.3 is 0 Å². The van der Waals surface area contributed by atoms with E-state index in [1.807, 2.05) is 49.4 Å². The summed E-state index contributed by atoms with van der Waals surface area (Å²) in [6, 6.07) is 15.5. The maximum atomic E-state index is 9.39. The van der Waals surface area contributed by atoms with Gasteiger partial charge in [-0.15, -0.1) is 11.3 Å². The average Bonchev–Trinajstić information content (AvgIpc) is 2.93. The first-order valence-corrected chi connectivity index (χ1v) is 7.82. The van der Waals surface area contributed by atoms with Crippen molar-refractivity contribution in [3.05, 3.63) is 57.9 Å². The molecule has 2 N–H and O–H groups in total. The number of nitriles is 1. The zero-order valence-corrected chi connectivity index (χ0v) is 13.4. The summed E-state index contributed by atoms with van der Waals surface area (Å²) in [5.74, 6) is 0.223. The molecule has 5 heteroatoms. The number of aryl methyl sites for hydroxylation is 1. The van der Waals surface area contributed by atoms with Gasteiger partial charge in [0.25, 0.3) is 0 Å². The van der Waals surface area contributed by atoms with Gasteiger partial charge in [0.05, 0.1) is 5.69 Å². The molecule has 0 bridgehead atoms. The predicted molar refractivity (Wildman–Crippen MR) is 91.9 cm³/mol. The Balaban J connectivity index is 2.26. The quantitative estimate of drug-likeness (QED) is 0.729. The number of nitrogens with zero attached hydrogens (tertiary/aromatic N) is 2. The summed E-state index contributed by atoms with van der Waals surface area (Å²) >= 11 is 7.86. The monoisotopic (exact) mass is 325 g/mol. The standard InChI is InChI=1S/C17H12ClN3S/c1-10-6-7-16(22-10)12-8-15(21-17(20)13(12)9-19)11-4-2-3-5-14(11)18/h2-8H,1H3,(H2,20,21). The van der Waals surface area contributed by atoms with Crippen molar-refractivity contribution < 1.29 is 0 Å². The molecule has 0 radical (unpaired) electrons. The highest BCUT2D eigenvalue weighted by molar-refractivity contribution is 7.15. The summed E-state index contributed by atoms with van der Waals surface area (Å²) in [6.45, 7) is 2.03. The minimum absolute atomic E-state index is 0.223. The molecule has 1 aromatic carbocycles. The molecule has 0 saturated carbocycles. The highest BCUT2D eigenvalue weighted by atomic mass is 35.5. The summed E-state index contributed by atoms with van der Waals surface area (Å²) in [4.78, 5) is 6.51. The molecular formula is C17H12ClN3S. The van der Waals surface area contributed by atoms with Crippen molar-refractivity contribution in [1.82, 2.24) is 4.98 Å². The highest BCUT2D eigenvalue weighted by Crippen LogP contribution is 2.36. The fourth-order valence-corrected chi connectivity index (χ4v) is 3.39. The molecular weight excluding hydrogens is 314 g/mol. The summed E-state index contributed by atoms with van der Waals surface area (Å²) in [5, 5.41) is 10.00. The topological polar surface area (TPSA) is 62.7 Å². The van der Waals surface area contributed by atoms with Crippen LogP contribution in [0.3, 0.4) is 0 Å². The molecule has 0 saturated heterocycles. The Morgan fingerprint density at radius 3 is 2.59 bits per heavy atom. The lowest BCUT2D eigenvalue weighted by atomic mass is 10.0. The fraction of sp³-hybridized carbons (Fsp3) is 0.0588. The van der Waals surface area contributed by atoms with E-state index in [0.29, 0.717) is 16.3 Å². The van der Waals surface area contributed by atoms with Crippen LogP contribution in [-0.4, -0.2) is 4.98 Å². The minimum atomic E-state index is 0.223. The van der Waals surface area contributed by atoms with E-state index in [4.69, 9.17) is 17.3 Å². The zero-order valence-electron chi connectivity index (χ0n) is 11.8. The molecule has 2 aromatic heterocycles. The van der Waals surface area contributed by atoms with Gasteiger partial charge in [0, 0.05) is 25.9 Å². The summed E-state index contributed by atoms with van der Waals surface area (Å²) < 4.78 is 0. The van der Waals surface area contributed by atoms with E-state index in [9.17, 15) is 5.26 Å². The Labute approximate surface area is 137 Å². The molecule has 2 heterocycles. The smallest absolute Gasteiger partial charge is 0.142 e. The van der Waals surface area contributed by atoms with Gasteiger partial charge in [-0.25, -0.2) is 4.98 Å². The Kier molecular flexibility index (Phi) is 3.84. The molecule has 3 aromatic rings. The lowest BCUT2D eigenvalue weighted by molar-refractivity contribution is 1.31. The van der Waals surface area contributed by atoms with E-state index in [0.717, 1.165) is 16.0 Å². The van der Waals surface area contributed by atoms with E-state index >= 15 is 0 Å². The van der Waals surface area contributed by atoms with Gasteiger partial charge in [-0.3, -0.25) is 0 Å². The maximum Gasteiger partial charge on any atom is 0.142 e. The van der Waals surface area contributed by atoms with Crippen molar-refractivity contribution >= 4 is 28.8 Å². The van der Waals surface area contributed by atoms with Crippen LogP contribution in [0.4, 0.5) is 5.82 Å². The molecule has 0 atom stereocenters. The number of anilines is 1. The second-order valence-electron chi connectivity index (χ2n) is 4.82. The largest absolute Gasteiger partial charge is 0.383 e. The molecule has 0 aliphatic heterocycles. The second-order valence-corrected chi connectivity index (χ2v) is 6.51. The molecule has 0 unspecified atom stereocenters. The molecule has 108 valence electrons. The normalized spacial score (nSPS) is 10.4. The van der Waals surface area contributed by atoms with E-state index in [1.165, 1.54) is 4.88 Å². The predicted octanol–water partition coefficient (Wildman–Crippen LogP) is 4.89. The van der Waals surface area contributed by atoms with E-state index in [-0.39, 0.29) is 5.82 Å². The Hall–Kier alpha value is -2.35.